The van der Waals surface area contributed by atoms with Crippen LogP contribution in [0.4, 0.5) is 10.5 Å². The van der Waals surface area contributed by atoms with Crippen molar-refractivity contribution in [2.45, 2.75) is 33.3 Å². The van der Waals surface area contributed by atoms with Crippen molar-refractivity contribution >= 4 is 17.7 Å². The number of nitrogens with two attached hydrogens (primary N) is 1. The van der Waals surface area contributed by atoms with Gasteiger partial charge in [0.1, 0.15) is 5.60 Å². The molecule has 0 radical (unpaired) electrons. The number of nitrogen functional groups attached to an aromatic ring is 1. The fourth-order valence-electron chi connectivity index (χ4n) is 3.39. The zero-order chi connectivity index (χ0) is 21.9. The monoisotopic (exact) mass is 411 g/mol. The van der Waals surface area contributed by atoms with Gasteiger partial charge in [0.15, 0.2) is 0 Å². The Hall–Kier alpha value is -3.13. The zero-order valence-corrected chi connectivity index (χ0v) is 17.9. The molecule has 0 atom stereocenters. The van der Waals surface area contributed by atoms with Crippen LogP contribution >= 0.6 is 0 Å². The van der Waals surface area contributed by atoms with Crippen LogP contribution in [0.3, 0.4) is 0 Å². The second-order valence-electron chi connectivity index (χ2n) is 8.41. The highest BCUT2D eigenvalue weighted by molar-refractivity contribution is 5.95. The van der Waals surface area contributed by atoms with Gasteiger partial charge < -0.3 is 14.5 Å². The predicted octanol–water partition coefficient (Wildman–Crippen LogP) is 2.72. The minimum Gasteiger partial charge on any atom is -0.444 e. The standard InChI is InChI=1S/C22H29N5O3/c1-15-11-16(13-17(12-15)20(28)25-23)19-14-18(5-6-24-19)26-7-9-27(10-8-26)21(29)30-22(2,3)4/h5-6,11-14H,7-10,23H2,1-4H3,(H,25,28). The van der Waals surface area contributed by atoms with E-state index in [2.05, 4.69) is 15.3 Å². The van der Waals surface area contributed by atoms with E-state index >= 15 is 0 Å². The quantitative estimate of drug-likeness (QED) is 0.458. The van der Waals surface area contributed by atoms with Gasteiger partial charge in [-0.25, -0.2) is 10.6 Å². The number of nitrogens with one attached hydrogen (secondary N) is 1. The van der Waals surface area contributed by atoms with Gasteiger partial charge in [0.05, 0.1) is 5.69 Å². The number of aryl methyl sites for hydroxylation is 1. The molecular formula is C22H29N5O3. The van der Waals surface area contributed by atoms with Crippen LogP contribution in [0.15, 0.2) is 36.5 Å². The first-order chi connectivity index (χ1) is 14.2. The largest absolute Gasteiger partial charge is 0.444 e. The summed E-state index contributed by atoms with van der Waals surface area (Å²) in [6.07, 6.45) is 1.48. The molecule has 2 amide bonds. The van der Waals surface area contributed by atoms with Gasteiger partial charge in [-0.3, -0.25) is 15.2 Å². The van der Waals surface area contributed by atoms with E-state index in [0.717, 1.165) is 22.5 Å². The van der Waals surface area contributed by atoms with E-state index in [1.54, 1.807) is 23.2 Å². The fourth-order valence-corrected chi connectivity index (χ4v) is 3.39. The number of pyridine rings is 1. The van der Waals surface area contributed by atoms with Crippen molar-refractivity contribution in [3.05, 3.63) is 47.7 Å². The van der Waals surface area contributed by atoms with Crippen LogP contribution < -0.4 is 16.2 Å². The van der Waals surface area contributed by atoms with Crippen LogP contribution in [0.25, 0.3) is 11.3 Å². The number of hydrogen-bond acceptors (Lipinski definition) is 6. The molecular weight excluding hydrogens is 382 g/mol. The number of piperazine rings is 1. The van der Waals surface area contributed by atoms with Crippen LogP contribution in [0.5, 0.6) is 0 Å². The fraction of sp³-hybridized carbons (Fsp3) is 0.409. The number of amides is 2. The lowest BCUT2D eigenvalue weighted by molar-refractivity contribution is 0.0240. The smallest absolute Gasteiger partial charge is 0.410 e. The van der Waals surface area contributed by atoms with E-state index in [0.29, 0.717) is 31.7 Å². The Kier molecular flexibility index (Phi) is 6.26. The number of nitrogens with zero attached hydrogens (tertiary/aromatic N) is 3. The molecule has 8 nitrogen and oxygen atoms in total. The maximum absolute atomic E-state index is 12.3. The highest BCUT2D eigenvalue weighted by Gasteiger charge is 2.26. The normalized spacial score (nSPS) is 14.4. The summed E-state index contributed by atoms with van der Waals surface area (Å²) in [5.41, 5.74) is 5.76. The molecule has 0 spiro atoms. The van der Waals surface area contributed by atoms with Gasteiger partial charge in [0, 0.05) is 49.2 Å². The molecule has 8 heteroatoms. The minimum absolute atomic E-state index is 0.275. The van der Waals surface area contributed by atoms with E-state index in [1.165, 1.54) is 0 Å². The molecule has 1 fully saturated rings. The Bertz CT molecular complexity index is 931. The van der Waals surface area contributed by atoms with E-state index in [9.17, 15) is 9.59 Å². The molecule has 1 saturated heterocycles. The lowest BCUT2D eigenvalue weighted by Crippen LogP contribution is -2.50. The van der Waals surface area contributed by atoms with E-state index in [1.807, 2.05) is 45.9 Å². The summed E-state index contributed by atoms with van der Waals surface area (Å²) >= 11 is 0. The molecule has 2 aromatic rings. The number of hydrazine groups is 1. The van der Waals surface area contributed by atoms with Crippen molar-refractivity contribution in [3.8, 4) is 11.3 Å². The summed E-state index contributed by atoms with van der Waals surface area (Å²) in [5, 5.41) is 0. The van der Waals surface area contributed by atoms with Crippen molar-refractivity contribution in [3.63, 3.8) is 0 Å². The summed E-state index contributed by atoms with van der Waals surface area (Å²) in [4.78, 5) is 32.6. The Morgan fingerprint density at radius 2 is 1.80 bits per heavy atom. The van der Waals surface area contributed by atoms with Crippen molar-refractivity contribution in [1.29, 1.82) is 0 Å². The van der Waals surface area contributed by atoms with Gasteiger partial charge in [0.2, 0.25) is 0 Å². The number of anilines is 1. The molecule has 3 N–H and O–H groups in total. The molecule has 30 heavy (non-hydrogen) atoms. The molecule has 1 aliphatic rings. The molecule has 0 aliphatic carbocycles. The Balaban J connectivity index is 1.74. The number of benzene rings is 1. The highest BCUT2D eigenvalue weighted by Crippen LogP contribution is 2.25. The Morgan fingerprint density at radius 1 is 1.10 bits per heavy atom. The summed E-state index contributed by atoms with van der Waals surface area (Å²) in [5.74, 6) is 4.93. The lowest BCUT2D eigenvalue weighted by Gasteiger charge is -2.36. The number of ether oxygens (including phenoxy) is 1. The third kappa shape index (κ3) is 5.27. The molecule has 0 unspecified atom stereocenters. The third-order valence-electron chi connectivity index (χ3n) is 4.81. The lowest BCUT2D eigenvalue weighted by atomic mass is 10.0. The molecule has 3 rings (SSSR count). The Labute approximate surface area is 177 Å². The van der Waals surface area contributed by atoms with Crippen molar-refractivity contribution in [1.82, 2.24) is 15.3 Å². The summed E-state index contributed by atoms with van der Waals surface area (Å²) in [6.45, 7) is 10.1. The van der Waals surface area contributed by atoms with Gasteiger partial charge >= 0.3 is 6.09 Å². The average Bonchev–Trinajstić information content (AvgIpc) is 2.71. The zero-order valence-electron chi connectivity index (χ0n) is 17.9. The van der Waals surface area contributed by atoms with Crippen LogP contribution in [-0.4, -0.2) is 53.7 Å². The molecule has 0 bridgehead atoms. The first-order valence-corrected chi connectivity index (χ1v) is 9.98. The van der Waals surface area contributed by atoms with Gasteiger partial charge in [-0.15, -0.1) is 0 Å². The number of carbonyl (C=O) groups is 2. The average molecular weight is 412 g/mol. The van der Waals surface area contributed by atoms with Crippen LogP contribution in [0.2, 0.25) is 0 Å². The van der Waals surface area contributed by atoms with E-state index in [4.69, 9.17) is 10.6 Å². The molecule has 2 heterocycles. The first-order valence-electron chi connectivity index (χ1n) is 9.98. The molecule has 160 valence electrons. The SMILES string of the molecule is Cc1cc(C(=O)NN)cc(-c2cc(N3CCN(C(=O)OC(C)(C)C)CC3)ccn2)c1. The van der Waals surface area contributed by atoms with Crippen LogP contribution in [0, 0.1) is 6.92 Å². The second kappa shape index (κ2) is 8.71. The Morgan fingerprint density at radius 3 is 2.43 bits per heavy atom. The van der Waals surface area contributed by atoms with Gasteiger partial charge in [-0.2, -0.15) is 0 Å². The summed E-state index contributed by atoms with van der Waals surface area (Å²) < 4.78 is 5.46. The van der Waals surface area contributed by atoms with Crippen molar-refractivity contribution in [2.24, 2.45) is 5.84 Å². The van der Waals surface area contributed by atoms with E-state index < -0.39 is 5.60 Å². The van der Waals surface area contributed by atoms with Gasteiger partial charge in [-0.1, -0.05) is 0 Å². The third-order valence-corrected chi connectivity index (χ3v) is 4.81. The van der Waals surface area contributed by atoms with Crippen LogP contribution in [-0.2, 0) is 4.74 Å². The number of carbonyl (C=O) groups excluding carboxylic acids is 2. The minimum atomic E-state index is -0.498. The number of aromatic nitrogens is 1. The van der Waals surface area contributed by atoms with Crippen molar-refractivity contribution < 1.29 is 14.3 Å². The molecule has 0 saturated carbocycles. The maximum atomic E-state index is 12.3. The van der Waals surface area contributed by atoms with Crippen LogP contribution in [0.1, 0.15) is 36.7 Å². The van der Waals surface area contributed by atoms with Crippen molar-refractivity contribution in [2.75, 3.05) is 31.1 Å². The number of hydrogen-bond donors (Lipinski definition) is 2. The molecule has 1 aromatic carbocycles. The first kappa shape index (κ1) is 21.6. The van der Waals surface area contributed by atoms with E-state index in [-0.39, 0.29) is 12.0 Å². The maximum Gasteiger partial charge on any atom is 0.410 e. The molecule has 1 aliphatic heterocycles. The van der Waals surface area contributed by atoms with Gasteiger partial charge in [0.25, 0.3) is 5.91 Å². The summed E-state index contributed by atoms with van der Waals surface area (Å²) in [7, 11) is 0. The van der Waals surface area contributed by atoms with Gasteiger partial charge in [-0.05, 0) is 63.6 Å². The predicted molar refractivity (Wildman–Crippen MR) is 116 cm³/mol. The number of rotatable bonds is 3. The highest BCUT2D eigenvalue weighted by atomic mass is 16.6. The summed E-state index contributed by atoms with van der Waals surface area (Å²) in [6, 6.07) is 9.50. The second-order valence-corrected chi connectivity index (χ2v) is 8.41. The molecule has 1 aromatic heterocycles. The topological polar surface area (TPSA) is 101 Å².